The Balaban J connectivity index is 1.62. The number of hydrogen-bond acceptors (Lipinski definition) is 3. The summed E-state index contributed by atoms with van der Waals surface area (Å²) >= 11 is 3.26. The summed E-state index contributed by atoms with van der Waals surface area (Å²) in [6.45, 7) is 3.34. The Bertz CT molecular complexity index is 780. The fourth-order valence-corrected chi connectivity index (χ4v) is 3.20. The average molecular weight is 392 g/mol. The molecule has 0 unspecified atom stereocenters. The molecule has 3 rings (SSSR count). The van der Waals surface area contributed by atoms with E-state index in [2.05, 4.69) is 20.8 Å². The van der Waals surface area contributed by atoms with Gasteiger partial charge in [-0.25, -0.2) is 8.78 Å². The number of benzene rings is 2. The van der Waals surface area contributed by atoms with Crippen LogP contribution in [0.2, 0.25) is 0 Å². The summed E-state index contributed by atoms with van der Waals surface area (Å²) in [5.41, 5.74) is 1.50. The van der Waals surface area contributed by atoms with Crippen LogP contribution in [0.15, 0.2) is 40.9 Å². The summed E-state index contributed by atoms with van der Waals surface area (Å²) in [5, 5.41) is 8.81. The minimum atomic E-state index is -0.374. The van der Waals surface area contributed by atoms with Gasteiger partial charge in [0.05, 0.1) is 17.3 Å². The van der Waals surface area contributed by atoms with E-state index in [1.54, 1.807) is 18.2 Å². The van der Waals surface area contributed by atoms with Crippen molar-refractivity contribution in [2.24, 2.45) is 0 Å². The molecule has 0 bridgehead atoms. The van der Waals surface area contributed by atoms with Crippen molar-refractivity contribution in [1.29, 1.82) is 5.26 Å². The molecule has 3 nitrogen and oxygen atoms in total. The largest absolute Gasteiger partial charge is 0.367 e. The Kier molecular flexibility index (Phi) is 5.12. The molecule has 1 heterocycles. The van der Waals surface area contributed by atoms with Gasteiger partial charge in [0, 0.05) is 42.8 Å². The zero-order valence-corrected chi connectivity index (χ0v) is 14.6. The van der Waals surface area contributed by atoms with E-state index >= 15 is 0 Å². The highest BCUT2D eigenvalue weighted by Crippen LogP contribution is 2.23. The number of anilines is 1. The first-order chi connectivity index (χ1) is 11.6. The van der Waals surface area contributed by atoms with Crippen LogP contribution in [0.1, 0.15) is 11.1 Å². The SMILES string of the molecule is N#Cc1ccc(N2CCN(Cc3ccc(Br)cc3F)CC2)c(F)c1. The smallest absolute Gasteiger partial charge is 0.147 e. The predicted molar refractivity (Wildman–Crippen MR) is 92.7 cm³/mol. The maximum Gasteiger partial charge on any atom is 0.147 e. The molecule has 1 saturated heterocycles. The molecule has 0 amide bonds. The summed E-state index contributed by atoms with van der Waals surface area (Å²) in [5.74, 6) is -0.591. The molecule has 1 aliphatic heterocycles. The molecular formula is C18H16BrF2N3. The molecule has 0 radical (unpaired) electrons. The van der Waals surface area contributed by atoms with Crippen LogP contribution in [0.25, 0.3) is 0 Å². The zero-order chi connectivity index (χ0) is 17.1. The van der Waals surface area contributed by atoms with Crippen LogP contribution in [0.3, 0.4) is 0 Å². The van der Waals surface area contributed by atoms with Crippen LogP contribution in [-0.2, 0) is 6.54 Å². The van der Waals surface area contributed by atoms with Crippen LogP contribution < -0.4 is 4.90 Å². The van der Waals surface area contributed by atoms with Gasteiger partial charge in [-0.05, 0) is 30.3 Å². The number of nitrogens with zero attached hydrogens (tertiary/aromatic N) is 3. The average Bonchev–Trinajstić information content (AvgIpc) is 2.58. The van der Waals surface area contributed by atoms with Crippen molar-refractivity contribution in [2.75, 3.05) is 31.1 Å². The molecule has 1 fully saturated rings. The highest BCUT2D eigenvalue weighted by Gasteiger charge is 2.20. The second kappa shape index (κ2) is 7.29. The predicted octanol–water partition coefficient (Wildman–Crippen LogP) is 3.92. The maximum absolute atomic E-state index is 14.1. The number of rotatable bonds is 3. The van der Waals surface area contributed by atoms with Crippen molar-refractivity contribution < 1.29 is 8.78 Å². The molecule has 124 valence electrons. The van der Waals surface area contributed by atoms with E-state index in [1.165, 1.54) is 12.1 Å². The molecule has 6 heteroatoms. The molecule has 0 N–H and O–H groups in total. The fraction of sp³-hybridized carbons (Fsp3) is 0.278. The van der Waals surface area contributed by atoms with E-state index in [4.69, 9.17) is 5.26 Å². The molecule has 0 aliphatic carbocycles. The second-order valence-corrected chi connectivity index (χ2v) is 6.69. The molecule has 2 aromatic carbocycles. The minimum Gasteiger partial charge on any atom is -0.367 e. The highest BCUT2D eigenvalue weighted by atomic mass is 79.9. The van der Waals surface area contributed by atoms with Gasteiger partial charge in [0.1, 0.15) is 11.6 Å². The van der Waals surface area contributed by atoms with Gasteiger partial charge >= 0.3 is 0 Å². The number of hydrogen-bond donors (Lipinski definition) is 0. The van der Waals surface area contributed by atoms with Gasteiger partial charge in [-0.1, -0.05) is 22.0 Å². The van der Waals surface area contributed by atoms with Gasteiger partial charge in [0.2, 0.25) is 0 Å². The van der Waals surface area contributed by atoms with E-state index < -0.39 is 0 Å². The summed E-state index contributed by atoms with van der Waals surface area (Å²) in [6.07, 6.45) is 0. The maximum atomic E-state index is 14.1. The van der Waals surface area contributed by atoms with Crippen LogP contribution in [-0.4, -0.2) is 31.1 Å². The van der Waals surface area contributed by atoms with E-state index in [9.17, 15) is 8.78 Å². The minimum absolute atomic E-state index is 0.218. The van der Waals surface area contributed by atoms with Crippen molar-refractivity contribution in [1.82, 2.24) is 4.90 Å². The first kappa shape index (κ1) is 16.9. The first-order valence-electron chi connectivity index (χ1n) is 7.67. The number of piperazine rings is 1. The lowest BCUT2D eigenvalue weighted by atomic mass is 10.1. The van der Waals surface area contributed by atoms with Crippen molar-refractivity contribution in [2.45, 2.75) is 6.54 Å². The molecule has 1 aliphatic rings. The van der Waals surface area contributed by atoms with E-state index in [0.717, 1.165) is 17.6 Å². The normalized spacial score (nSPS) is 15.3. The molecule has 0 aromatic heterocycles. The zero-order valence-electron chi connectivity index (χ0n) is 13.0. The van der Waals surface area contributed by atoms with E-state index in [-0.39, 0.29) is 11.6 Å². The third kappa shape index (κ3) is 3.74. The third-order valence-corrected chi connectivity index (χ3v) is 4.69. The van der Waals surface area contributed by atoms with Gasteiger partial charge in [0.25, 0.3) is 0 Å². The highest BCUT2D eigenvalue weighted by molar-refractivity contribution is 9.10. The summed E-state index contributed by atoms with van der Waals surface area (Å²) in [4.78, 5) is 4.12. The lowest BCUT2D eigenvalue weighted by Gasteiger charge is -2.36. The topological polar surface area (TPSA) is 30.3 Å². The van der Waals surface area contributed by atoms with Crippen LogP contribution in [0.5, 0.6) is 0 Å². The van der Waals surface area contributed by atoms with Crippen molar-refractivity contribution in [3.8, 4) is 6.07 Å². The quantitative estimate of drug-likeness (QED) is 0.793. The van der Waals surface area contributed by atoms with Crippen molar-refractivity contribution in [3.05, 3.63) is 63.6 Å². The first-order valence-corrected chi connectivity index (χ1v) is 8.47. The fourth-order valence-electron chi connectivity index (χ4n) is 2.87. The summed E-state index contributed by atoms with van der Waals surface area (Å²) < 4.78 is 28.8. The van der Waals surface area contributed by atoms with Crippen LogP contribution >= 0.6 is 15.9 Å². The van der Waals surface area contributed by atoms with E-state index in [0.29, 0.717) is 36.4 Å². The molecular weight excluding hydrogens is 376 g/mol. The molecule has 2 aromatic rings. The molecule has 0 atom stereocenters. The van der Waals surface area contributed by atoms with Gasteiger partial charge < -0.3 is 4.90 Å². The van der Waals surface area contributed by atoms with Gasteiger partial charge in [-0.3, -0.25) is 4.90 Å². The summed E-state index contributed by atoms with van der Waals surface area (Å²) in [6, 6.07) is 11.6. The Labute approximate surface area is 148 Å². The lowest BCUT2D eigenvalue weighted by Crippen LogP contribution is -2.46. The Morgan fingerprint density at radius 3 is 2.38 bits per heavy atom. The molecule has 0 saturated carbocycles. The van der Waals surface area contributed by atoms with Gasteiger partial charge in [0.15, 0.2) is 0 Å². The lowest BCUT2D eigenvalue weighted by molar-refractivity contribution is 0.246. The monoisotopic (exact) mass is 391 g/mol. The van der Waals surface area contributed by atoms with Crippen molar-refractivity contribution in [3.63, 3.8) is 0 Å². The molecule has 24 heavy (non-hydrogen) atoms. The Hall–Kier alpha value is -1.97. The van der Waals surface area contributed by atoms with Gasteiger partial charge in [-0.2, -0.15) is 5.26 Å². The Morgan fingerprint density at radius 2 is 1.75 bits per heavy atom. The van der Waals surface area contributed by atoms with E-state index in [1.807, 2.05) is 17.0 Å². The van der Waals surface area contributed by atoms with Crippen LogP contribution in [0, 0.1) is 23.0 Å². The number of halogens is 3. The number of nitriles is 1. The Morgan fingerprint density at radius 1 is 1.00 bits per heavy atom. The summed E-state index contributed by atoms with van der Waals surface area (Å²) in [7, 11) is 0. The second-order valence-electron chi connectivity index (χ2n) is 5.78. The standard InChI is InChI=1S/C18H16BrF2N3/c19-15-3-2-14(16(20)10-15)12-23-5-7-24(8-6-23)18-4-1-13(11-22)9-17(18)21/h1-4,9-10H,5-8,12H2. The van der Waals surface area contributed by atoms with Crippen LogP contribution in [0.4, 0.5) is 14.5 Å². The third-order valence-electron chi connectivity index (χ3n) is 4.20. The van der Waals surface area contributed by atoms with Crippen molar-refractivity contribution >= 4 is 21.6 Å². The van der Waals surface area contributed by atoms with Gasteiger partial charge in [-0.15, -0.1) is 0 Å². The molecule has 0 spiro atoms.